The molecule has 2 aromatic carbocycles. The van der Waals surface area contributed by atoms with Crippen molar-refractivity contribution >= 4 is 40.5 Å². The van der Waals surface area contributed by atoms with Crippen LogP contribution in [0.1, 0.15) is 23.7 Å². The molecule has 0 radical (unpaired) electrons. The minimum atomic E-state index is -0.207. The summed E-state index contributed by atoms with van der Waals surface area (Å²) in [5.41, 5.74) is 2.11. The molecular formula is C16H16Cl2N2O. The largest absolute Gasteiger partial charge is 0.385 e. The number of hydrogen-bond donors (Lipinski definition) is 2. The minimum absolute atomic E-state index is 0.207. The zero-order chi connectivity index (χ0) is 15.2. The van der Waals surface area contributed by atoms with Crippen LogP contribution in [0, 0.1) is 0 Å². The lowest BCUT2D eigenvalue weighted by molar-refractivity contribution is 0.102. The molecule has 2 N–H and O–H groups in total. The molecule has 0 bridgehead atoms. The van der Waals surface area contributed by atoms with Crippen LogP contribution in [0.25, 0.3) is 0 Å². The van der Waals surface area contributed by atoms with E-state index < -0.39 is 0 Å². The first-order valence-corrected chi connectivity index (χ1v) is 7.46. The number of anilines is 2. The number of benzene rings is 2. The van der Waals surface area contributed by atoms with E-state index in [0.29, 0.717) is 21.3 Å². The lowest BCUT2D eigenvalue weighted by Crippen LogP contribution is -2.12. The first-order chi connectivity index (χ1) is 10.1. The molecule has 0 saturated carbocycles. The van der Waals surface area contributed by atoms with Crippen LogP contribution in [0.5, 0.6) is 0 Å². The fourth-order valence-electron chi connectivity index (χ4n) is 1.79. The number of rotatable bonds is 5. The zero-order valence-electron chi connectivity index (χ0n) is 11.6. The predicted octanol–water partition coefficient (Wildman–Crippen LogP) is 5.07. The second-order valence-corrected chi connectivity index (χ2v) is 5.43. The summed E-state index contributed by atoms with van der Waals surface area (Å²) in [4.78, 5) is 12.2. The third-order valence-electron chi connectivity index (χ3n) is 2.91. The molecule has 0 aliphatic carbocycles. The Labute approximate surface area is 134 Å². The summed E-state index contributed by atoms with van der Waals surface area (Å²) in [6.45, 7) is 3.01. The van der Waals surface area contributed by atoms with Gasteiger partial charge in [0.2, 0.25) is 0 Å². The Hall–Kier alpha value is -1.71. The molecule has 0 fully saturated rings. The van der Waals surface area contributed by atoms with Gasteiger partial charge in [-0.2, -0.15) is 0 Å². The zero-order valence-corrected chi connectivity index (χ0v) is 13.1. The van der Waals surface area contributed by atoms with Crippen molar-refractivity contribution in [3.63, 3.8) is 0 Å². The monoisotopic (exact) mass is 322 g/mol. The summed E-state index contributed by atoms with van der Waals surface area (Å²) in [5, 5.41) is 6.97. The Morgan fingerprint density at radius 3 is 2.43 bits per heavy atom. The van der Waals surface area contributed by atoms with Gasteiger partial charge in [0.05, 0.1) is 10.7 Å². The molecule has 1 amide bonds. The molecule has 21 heavy (non-hydrogen) atoms. The summed E-state index contributed by atoms with van der Waals surface area (Å²) in [6, 6.07) is 12.3. The standard InChI is InChI=1S/C16H16Cl2N2O/c1-2-9-19-13-6-3-11(4-7-13)16(21)20-15-8-5-12(17)10-14(15)18/h3-8,10,19H,2,9H2,1H3,(H,20,21). The minimum Gasteiger partial charge on any atom is -0.385 e. The normalized spacial score (nSPS) is 10.2. The SMILES string of the molecule is CCCNc1ccc(C(=O)Nc2ccc(Cl)cc2Cl)cc1. The van der Waals surface area contributed by atoms with Gasteiger partial charge in [-0.15, -0.1) is 0 Å². The number of hydrogen-bond acceptors (Lipinski definition) is 2. The van der Waals surface area contributed by atoms with E-state index in [2.05, 4.69) is 17.6 Å². The second-order valence-electron chi connectivity index (χ2n) is 4.58. The van der Waals surface area contributed by atoms with E-state index in [1.165, 1.54) is 0 Å². The molecule has 0 aliphatic rings. The fourth-order valence-corrected chi connectivity index (χ4v) is 2.25. The second kappa shape index (κ2) is 7.34. The van der Waals surface area contributed by atoms with Crippen molar-refractivity contribution in [3.05, 3.63) is 58.1 Å². The summed E-state index contributed by atoms with van der Waals surface area (Å²) in [5.74, 6) is -0.207. The van der Waals surface area contributed by atoms with E-state index in [1.54, 1.807) is 30.3 Å². The van der Waals surface area contributed by atoms with E-state index in [9.17, 15) is 4.79 Å². The third kappa shape index (κ3) is 4.38. The summed E-state index contributed by atoms with van der Waals surface area (Å²) >= 11 is 11.9. The van der Waals surface area contributed by atoms with E-state index in [4.69, 9.17) is 23.2 Å². The lowest BCUT2D eigenvalue weighted by atomic mass is 10.2. The average Bonchev–Trinajstić information content (AvgIpc) is 2.48. The van der Waals surface area contributed by atoms with Crippen molar-refractivity contribution in [2.75, 3.05) is 17.2 Å². The van der Waals surface area contributed by atoms with E-state index >= 15 is 0 Å². The Kier molecular flexibility index (Phi) is 5.48. The molecule has 0 aromatic heterocycles. The molecule has 2 rings (SSSR count). The van der Waals surface area contributed by atoms with Gasteiger partial charge in [0.15, 0.2) is 0 Å². The van der Waals surface area contributed by atoms with Crippen LogP contribution in [0.3, 0.4) is 0 Å². The van der Waals surface area contributed by atoms with Crippen LogP contribution in [0.4, 0.5) is 11.4 Å². The third-order valence-corrected chi connectivity index (χ3v) is 3.45. The first kappa shape index (κ1) is 15.7. The van der Waals surface area contributed by atoms with E-state index in [1.807, 2.05) is 12.1 Å². The van der Waals surface area contributed by atoms with Gasteiger partial charge in [-0.05, 0) is 48.9 Å². The van der Waals surface area contributed by atoms with E-state index in [-0.39, 0.29) is 5.91 Å². The van der Waals surface area contributed by atoms with Gasteiger partial charge in [0.25, 0.3) is 5.91 Å². The molecular weight excluding hydrogens is 307 g/mol. The molecule has 3 nitrogen and oxygen atoms in total. The number of carbonyl (C=O) groups is 1. The van der Waals surface area contributed by atoms with Gasteiger partial charge < -0.3 is 10.6 Å². The quantitative estimate of drug-likeness (QED) is 0.807. The van der Waals surface area contributed by atoms with Crippen molar-refractivity contribution < 1.29 is 4.79 Å². The molecule has 0 spiro atoms. The highest BCUT2D eigenvalue weighted by Gasteiger charge is 2.08. The molecule has 0 heterocycles. The Bertz CT molecular complexity index is 627. The molecule has 0 aliphatic heterocycles. The predicted molar refractivity (Wildman–Crippen MR) is 89.6 cm³/mol. The summed E-state index contributed by atoms with van der Waals surface area (Å²) in [6.07, 6.45) is 1.05. The molecule has 5 heteroatoms. The Morgan fingerprint density at radius 1 is 1.10 bits per heavy atom. The average molecular weight is 323 g/mol. The van der Waals surface area contributed by atoms with Crippen LogP contribution in [-0.2, 0) is 0 Å². The van der Waals surface area contributed by atoms with Crippen LogP contribution in [0.15, 0.2) is 42.5 Å². The maximum atomic E-state index is 12.2. The smallest absolute Gasteiger partial charge is 0.255 e. The van der Waals surface area contributed by atoms with Crippen molar-refractivity contribution in [2.45, 2.75) is 13.3 Å². The number of carbonyl (C=O) groups excluding carboxylic acids is 1. The topological polar surface area (TPSA) is 41.1 Å². The Morgan fingerprint density at radius 2 is 1.81 bits per heavy atom. The van der Waals surface area contributed by atoms with Gasteiger partial charge in [0, 0.05) is 22.8 Å². The molecule has 110 valence electrons. The van der Waals surface area contributed by atoms with Crippen molar-refractivity contribution in [2.24, 2.45) is 0 Å². The van der Waals surface area contributed by atoms with Crippen LogP contribution < -0.4 is 10.6 Å². The van der Waals surface area contributed by atoms with Crippen LogP contribution >= 0.6 is 23.2 Å². The van der Waals surface area contributed by atoms with Gasteiger partial charge in [-0.1, -0.05) is 30.1 Å². The van der Waals surface area contributed by atoms with Crippen LogP contribution in [0.2, 0.25) is 10.0 Å². The van der Waals surface area contributed by atoms with Crippen molar-refractivity contribution in [1.29, 1.82) is 0 Å². The first-order valence-electron chi connectivity index (χ1n) is 6.70. The number of amides is 1. The fraction of sp³-hybridized carbons (Fsp3) is 0.188. The van der Waals surface area contributed by atoms with Gasteiger partial charge in [-0.3, -0.25) is 4.79 Å². The van der Waals surface area contributed by atoms with Gasteiger partial charge >= 0.3 is 0 Å². The van der Waals surface area contributed by atoms with Crippen molar-refractivity contribution in [1.82, 2.24) is 0 Å². The highest BCUT2D eigenvalue weighted by Crippen LogP contribution is 2.25. The molecule has 0 atom stereocenters. The van der Waals surface area contributed by atoms with Crippen LogP contribution in [-0.4, -0.2) is 12.5 Å². The highest BCUT2D eigenvalue weighted by atomic mass is 35.5. The lowest BCUT2D eigenvalue weighted by Gasteiger charge is -2.09. The molecule has 0 saturated heterocycles. The number of halogens is 2. The maximum absolute atomic E-state index is 12.2. The molecule has 0 unspecified atom stereocenters. The summed E-state index contributed by atoms with van der Waals surface area (Å²) < 4.78 is 0. The van der Waals surface area contributed by atoms with Gasteiger partial charge in [0.1, 0.15) is 0 Å². The highest BCUT2D eigenvalue weighted by molar-refractivity contribution is 6.36. The number of nitrogens with one attached hydrogen (secondary N) is 2. The van der Waals surface area contributed by atoms with Crippen molar-refractivity contribution in [3.8, 4) is 0 Å². The maximum Gasteiger partial charge on any atom is 0.255 e. The van der Waals surface area contributed by atoms with Gasteiger partial charge in [-0.25, -0.2) is 0 Å². The van der Waals surface area contributed by atoms with E-state index in [0.717, 1.165) is 18.7 Å². The molecule has 2 aromatic rings. The Balaban J connectivity index is 2.06. The summed E-state index contributed by atoms with van der Waals surface area (Å²) in [7, 11) is 0.